The molecule has 0 aromatic heterocycles. The second-order valence-corrected chi connectivity index (χ2v) is 4.85. The quantitative estimate of drug-likeness (QED) is 0.866. The molecule has 0 heterocycles. The fraction of sp³-hybridized carbons (Fsp3) is 0.125. The minimum absolute atomic E-state index is 0.137. The van der Waals surface area contributed by atoms with E-state index in [9.17, 15) is 4.79 Å². The number of hydrogen-bond donors (Lipinski definition) is 0. The van der Waals surface area contributed by atoms with Crippen molar-refractivity contribution in [3.05, 3.63) is 70.2 Å². The van der Waals surface area contributed by atoms with Gasteiger partial charge in [0, 0.05) is 24.2 Å². The van der Waals surface area contributed by atoms with Crippen molar-refractivity contribution >= 4 is 17.5 Å². The molecular formula is C16H13ClN2O. The minimum Gasteiger partial charge on any atom is -0.337 e. The summed E-state index contributed by atoms with van der Waals surface area (Å²) in [6.07, 6.45) is 0. The van der Waals surface area contributed by atoms with Crippen LogP contribution < -0.4 is 0 Å². The molecular weight excluding hydrogens is 272 g/mol. The molecule has 4 heteroatoms. The second-order valence-electron chi connectivity index (χ2n) is 4.45. The van der Waals surface area contributed by atoms with Gasteiger partial charge in [0.2, 0.25) is 0 Å². The van der Waals surface area contributed by atoms with E-state index in [4.69, 9.17) is 16.9 Å². The van der Waals surface area contributed by atoms with Gasteiger partial charge in [-0.15, -0.1) is 0 Å². The molecule has 20 heavy (non-hydrogen) atoms. The van der Waals surface area contributed by atoms with E-state index < -0.39 is 0 Å². The van der Waals surface area contributed by atoms with Gasteiger partial charge in [-0.05, 0) is 29.8 Å². The topological polar surface area (TPSA) is 44.1 Å². The van der Waals surface area contributed by atoms with Crippen LogP contribution in [0.5, 0.6) is 0 Å². The summed E-state index contributed by atoms with van der Waals surface area (Å²) >= 11 is 6.09. The summed E-state index contributed by atoms with van der Waals surface area (Å²) in [6.45, 7) is 0.426. The van der Waals surface area contributed by atoms with Gasteiger partial charge in [0.1, 0.15) is 0 Å². The van der Waals surface area contributed by atoms with Crippen molar-refractivity contribution in [1.82, 2.24) is 4.90 Å². The lowest BCUT2D eigenvalue weighted by molar-refractivity contribution is 0.0785. The number of halogens is 1. The lowest BCUT2D eigenvalue weighted by Gasteiger charge is -2.18. The van der Waals surface area contributed by atoms with Gasteiger partial charge in [-0.1, -0.05) is 35.9 Å². The van der Waals surface area contributed by atoms with Crippen LogP contribution >= 0.6 is 11.6 Å². The molecule has 0 saturated carbocycles. The molecule has 3 nitrogen and oxygen atoms in total. The number of carbonyl (C=O) groups is 1. The Hall–Kier alpha value is -2.31. The SMILES string of the molecule is CN(Cc1ccccc1Cl)C(=O)c1cccc(C#N)c1. The first-order chi connectivity index (χ1) is 9.61. The largest absolute Gasteiger partial charge is 0.337 e. The van der Waals surface area contributed by atoms with Crippen LogP contribution in [0.25, 0.3) is 0 Å². The highest BCUT2D eigenvalue weighted by Crippen LogP contribution is 2.17. The first kappa shape index (κ1) is 14.1. The molecule has 0 aliphatic carbocycles. The van der Waals surface area contributed by atoms with Crippen LogP contribution in [0, 0.1) is 11.3 Å². The lowest BCUT2D eigenvalue weighted by atomic mass is 10.1. The summed E-state index contributed by atoms with van der Waals surface area (Å²) in [7, 11) is 1.71. The number of benzene rings is 2. The van der Waals surface area contributed by atoms with E-state index in [1.807, 2.05) is 24.3 Å². The maximum atomic E-state index is 12.3. The molecule has 0 aliphatic heterocycles. The number of hydrogen-bond acceptors (Lipinski definition) is 2. The van der Waals surface area contributed by atoms with E-state index in [2.05, 4.69) is 0 Å². The Morgan fingerprint density at radius 1 is 1.25 bits per heavy atom. The summed E-state index contributed by atoms with van der Waals surface area (Å²) in [5.41, 5.74) is 1.86. The zero-order valence-electron chi connectivity index (χ0n) is 11.0. The average molecular weight is 285 g/mol. The van der Waals surface area contributed by atoms with Crippen molar-refractivity contribution in [1.29, 1.82) is 5.26 Å². The van der Waals surface area contributed by atoms with Crippen LogP contribution in [0.1, 0.15) is 21.5 Å². The third-order valence-electron chi connectivity index (χ3n) is 2.95. The minimum atomic E-state index is -0.137. The summed E-state index contributed by atoms with van der Waals surface area (Å²) < 4.78 is 0. The summed E-state index contributed by atoms with van der Waals surface area (Å²) in [4.78, 5) is 13.9. The van der Waals surface area contributed by atoms with Crippen LogP contribution in [0.15, 0.2) is 48.5 Å². The fourth-order valence-corrected chi connectivity index (χ4v) is 2.09. The molecule has 0 N–H and O–H groups in total. The van der Waals surface area contributed by atoms with E-state index in [0.717, 1.165) is 5.56 Å². The highest BCUT2D eigenvalue weighted by Gasteiger charge is 2.13. The molecule has 0 radical (unpaired) electrons. The van der Waals surface area contributed by atoms with Gasteiger partial charge in [-0.25, -0.2) is 0 Å². The molecule has 0 fully saturated rings. The zero-order valence-corrected chi connectivity index (χ0v) is 11.8. The Morgan fingerprint density at radius 3 is 2.70 bits per heavy atom. The predicted octanol–water partition coefficient (Wildman–Crippen LogP) is 3.48. The molecule has 0 unspecified atom stereocenters. The van der Waals surface area contributed by atoms with E-state index in [0.29, 0.717) is 22.7 Å². The number of rotatable bonds is 3. The maximum absolute atomic E-state index is 12.3. The maximum Gasteiger partial charge on any atom is 0.253 e. The van der Waals surface area contributed by atoms with Crippen molar-refractivity contribution in [2.45, 2.75) is 6.54 Å². The number of carbonyl (C=O) groups excluding carboxylic acids is 1. The van der Waals surface area contributed by atoms with E-state index in [1.165, 1.54) is 0 Å². The normalized spacial score (nSPS) is 9.85. The van der Waals surface area contributed by atoms with Crippen molar-refractivity contribution in [3.8, 4) is 6.07 Å². The van der Waals surface area contributed by atoms with Crippen LogP contribution in [0.3, 0.4) is 0 Å². The molecule has 2 aromatic carbocycles. The van der Waals surface area contributed by atoms with E-state index in [1.54, 1.807) is 42.3 Å². The van der Waals surface area contributed by atoms with E-state index in [-0.39, 0.29) is 5.91 Å². The molecule has 0 aliphatic rings. The zero-order chi connectivity index (χ0) is 14.5. The van der Waals surface area contributed by atoms with Gasteiger partial charge < -0.3 is 4.90 Å². The van der Waals surface area contributed by atoms with Crippen LogP contribution in [0.2, 0.25) is 5.02 Å². The van der Waals surface area contributed by atoms with Gasteiger partial charge in [-0.3, -0.25) is 4.79 Å². The van der Waals surface area contributed by atoms with Gasteiger partial charge >= 0.3 is 0 Å². The molecule has 0 saturated heterocycles. The lowest BCUT2D eigenvalue weighted by Crippen LogP contribution is -2.26. The Balaban J connectivity index is 2.17. The van der Waals surface area contributed by atoms with E-state index >= 15 is 0 Å². The third kappa shape index (κ3) is 3.17. The summed E-state index contributed by atoms with van der Waals surface area (Å²) in [5.74, 6) is -0.137. The number of amides is 1. The van der Waals surface area contributed by atoms with Gasteiger partial charge in [-0.2, -0.15) is 5.26 Å². The summed E-state index contributed by atoms with van der Waals surface area (Å²) in [5, 5.41) is 9.50. The van der Waals surface area contributed by atoms with Crippen LogP contribution in [-0.4, -0.2) is 17.9 Å². The fourth-order valence-electron chi connectivity index (χ4n) is 1.90. The van der Waals surface area contributed by atoms with Gasteiger partial charge in [0.05, 0.1) is 11.6 Å². The molecule has 0 atom stereocenters. The molecule has 1 amide bonds. The smallest absolute Gasteiger partial charge is 0.253 e. The molecule has 100 valence electrons. The molecule has 2 rings (SSSR count). The van der Waals surface area contributed by atoms with Crippen LogP contribution in [-0.2, 0) is 6.54 Å². The Labute approximate surface area is 123 Å². The van der Waals surface area contributed by atoms with Crippen molar-refractivity contribution < 1.29 is 4.79 Å². The Kier molecular flexibility index (Phi) is 4.39. The van der Waals surface area contributed by atoms with Crippen LogP contribution in [0.4, 0.5) is 0 Å². The molecule has 2 aromatic rings. The van der Waals surface area contributed by atoms with Crippen molar-refractivity contribution in [2.24, 2.45) is 0 Å². The Bertz CT molecular complexity index is 676. The van der Waals surface area contributed by atoms with Crippen molar-refractivity contribution in [3.63, 3.8) is 0 Å². The number of nitriles is 1. The molecule has 0 bridgehead atoms. The highest BCUT2D eigenvalue weighted by atomic mass is 35.5. The average Bonchev–Trinajstić information content (AvgIpc) is 2.48. The summed E-state index contributed by atoms with van der Waals surface area (Å²) in [6, 6.07) is 16.1. The van der Waals surface area contributed by atoms with Crippen molar-refractivity contribution in [2.75, 3.05) is 7.05 Å². The standard InChI is InChI=1S/C16H13ClN2O/c1-19(11-14-6-2-3-8-15(14)17)16(20)13-7-4-5-12(9-13)10-18/h2-9H,11H2,1H3. The second kappa shape index (κ2) is 6.23. The number of nitrogens with zero attached hydrogens (tertiary/aromatic N) is 2. The third-order valence-corrected chi connectivity index (χ3v) is 3.32. The predicted molar refractivity (Wildman–Crippen MR) is 78.4 cm³/mol. The van der Waals surface area contributed by atoms with Gasteiger partial charge in [0.25, 0.3) is 5.91 Å². The van der Waals surface area contributed by atoms with Gasteiger partial charge in [0.15, 0.2) is 0 Å². The Morgan fingerprint density at radius 2 is 2.00 bits per heavy atom. The highest BCUT2D eigenvalue weighted by molar-refractivity contribution is 6.31. The monoisotopic (exact) mass is 284 g/mol. The first-order valence-electron chi connectivity index (χ1n) is 6.11. The first-order valence-corrected chi connectivity index (χ1v) is 6.48. The molecule has 0 spiro atoms.